The van der Waals surface area contributed by atoms with Gasteiger partial charge < -0.3 is 20.3 Å². The Bertz CT molecular complexity index is 452. The lowest BCUT2D eigenvalue weighted by molar-refractivity contribution is 0.167. The summed E-state index contributed by atoms with van der Waals surface area (Å²) in [6.07, 6.45) is 2.96. The van der Waals surface area contributed by atoms with Crippen LogP contribution in [0.3, 0.4) is 0 Å². The standard InChI is InChI=1S/C17H27N3O2/c1-14(10-12-22-2)18-17(21)20-11-6-9-16(13-20)19-15-7-4-3-5-8-15/h3-5,7-8,14,16,19H,6,9-13H2,1-2H3,(H,18,21)/t14-,16+/m1/s1. The quantitative estimate of drug-likeness (QED) is 0.849. The number of carbonyl (C=O) groups is 1. The highest BCUT2D eigenvalue weighted by molar-refractivity contribution is 5.74. The van der Waals surface area contributed by atoms with Crippen molar-refractivity contribution in [1.29, 1.82) is 0 Å². The van der Waals surface area contributed by atoms with Gasteiger partial charge in [-0.2, -0.15) is 0 Å². The number of hydrogen-bond donors (Lipinski definition) is 2. The lowest BCUT2D eigenvalue weighted by Crippen LogP contribution is -2.51. The van der Waals surface area contributed by atoms with Crippen LogP contribution in [0.5, 0.6) is 0 Å². The molecule has 5 heteroatoms. The number of anilines is 1. The zero-order valence-electron chi connectivity index (χ0n) is 13.5. The van der Waals surface area contributed by atoms with Gasteiger partial charge in [-0.05, 0) is 38.3 Å². The molecular weight excluding hydrogens is 278 g/mol. The van der Waals surface area contributed by atoms with Crippen molar-refractivity contribution in [2.45, 2.75) is 38.3 Å². The SMILES string of the molecule is COCC[C@@H](C)NC(=O)N1CCC[C@H](Nc2ccccc2)C1. The van der Waals surface area contributed by atoms with Gasteiger partial charge in [0.25, 0.3) is 0 Å². The van der Waals surface area contributed by atoms with Gasteiger partial charge in [0, 0.05) is 44.6 Å². The molecule has 1 aliphatic heterocycles. The first-order valence-corrected chi connectivity index (χ1v) is 8.05. The summed E-state index contributed by atoms with van der Waals surface area (Å²) in [5.74, 6) is 0. The maximum atomic E-state index is 12.3. The zero-order valence-corrected chi connectivity index (χ0v) is 13.5. The van der Waals surface area contributed by atoms with E-state index in [1.807, 2.05) is 30.0 Å². The Morgan fingerprint density at radius 1 is 1.41 bits per heavy atom. The minimum Gasteiger partial charge on any atom is -0.385 e. The molecule has 2 N–H and O–H groups in total. The van der Waals surface area contributed by atoms with Gasteiger partial charge >= 0.3 is 6.03 Å². The Hall–Kier alpha value is -1.75. The molecule has 0 aromatic heterocycles. The van der Waals surface area contributed by atoms with Crippen molar-refractivity contribution >= 4 is 11.7 Å². The first kappa shape index (κ1) is 16.6. The van der Waals surface area contributed by atoms with E-state index in [1.165, 1.54) is 0 Å². The number of nitrogens with one attached hydrogen (secondary N) is 2. The van der Waals surface area contributed by atoms with Crippen LogP contribution in [0.15, 0.2) is 30.3 Å². The van der Waals surface area contributed by atoms with Gasteiger partial charge in [-0.1, -0.05) is 18.2 Å². The molecule has 0 unspecified atom stereocenters. The first-order valence-electron chi connectivity index (χ1n) is 8.05. The van der Waals surface area contributed by atoms with E-state index in [2.05, 4.69) is 22.8 Å². The van der Waals surface area contributed by atoms with Crippen molar-refractivity contribution in [3.8, 4) is 0 Å². The molecule has 0 spiro atoms. The number of rotatable bonds is 6. The van der Waals surface area contributed by atoms with Crippen LogP contribution >= 0.6 is 0 Å². The number of ether oxygens (including phenoxy) is 1. The van der Waals surface area contributed by atoms with E-state index in [-0.39, 0.29) is 12.1 Å². The third-order valence-electron chi connectivity index (χ3n) is 3.98. The lowest BCUT2D eigenvalue weighted by Gasteiger charge is -2.34. The fraction of sp³-hybridized carbons (Fsp3) is 0.588. The van der Waals surface area contributed by atoms with E-state index < -0.39 is 0 Å². The Morgan fingerprint density at radius 2 is 2.18 bits per heavy atom. The van der Waals surface area contributed by atoms with Crippen molar-refractivity contribution < 1.29 is 9.53 Å². The molecule has 5 nitrogen and oxygen atoms in total. The van der Waals surface area contributed by atoms with E-state index in [0.29, 0.717) is 12.6 Å². The average Bonchev–Trinajstić information content (AvgIpc) is 2.54. The average molecular weight is 305 g/mol. The summed E-state index contributed by atoms with van der Waals surface area (Å²) in [6, 6.07) is 10.7. The van der Waals surface area contributed by atoms with E-state index >= 15 is 0 Å². The van der Waals surface area contributed by atoms with Crippen molar-refractivity contribution in [1.82, 2.24) is 10.2 Å². The van der Waals surface area contributed by atoms with Gasteiger partial charge in [0.05, 0.1) is 0 Å². The number of carbonyl (C=O) groups excluding carboxylic acids is 1. The molecule has 0 radical (unpaired) electrons. The van der Waals surface area contributed by atoms with Crippen molar-refractivity contribution in [3.05, 3.63) is 30.3 Å². The normalized spacial score (nSPS) is 19.5. The van der Waals surface area contributed by atoms with Gasteiger partial charge in [-0.25, -0.2) is 4.79 Å². The monoisotopic (exact) mass is 305 g/mol. The Balaban J connectivity index is 1.81. The third kappa shape index (κ3) is 5.22. The number of benzene rings is 1. The maximum absolute atomic E-state index is 12.3. The third-order valence-corrected chi connectivity index (χ3v) is 3.98. The van der Waals surface area contributed by atoms with Crippen LogP contribution in [0, 0.1) is 0 Å². The smallest absolute Gasteiger partial charge is 0.317 e. The first-order chi connectivity index (χ1) is 10.7. The number of nitrogens with zero attached hydrogens (tertiary/aromatic N) is 1. The molecule has 0 aliphatic carbocycles. The summed E-state index contributed by atoms with van der Waals surface area (Å²) in [5.41, 5.74) is 1.11. The van der Waals surface area contributed by atoms with Crippen LogP contribution in [-0.2, 0) is 4.74 Å². The molecule has 1 saturated heterocycles. The number of urea groups is 1. The van der Waals surface area contributed by atoms with Gasteiger partial charge in [0.15, 0.2) is 0 Å². The molecule has 1 heterocycles. The molecule has 2 amide bonds. The van der Waals surface area contributed by atoms with E-state index in [9.17, 15) is 4.79 Å². The molecular formula is C17H27N3O2. The Kier molecular flexibility index (Phi) is 6.52. The highest BCUT2D eigenvalue weighted by atomic mass is 16.5. The van der Waals surface area contributed by atoms with Crippen LogP contribution in [-0.4, -0.2) is 49.8 Å². The minimum absolute atomic E-state index is 0.0307. The second-order valence-corrected chi connectivity index (χ2v) is 5.93. The summed E-state index contributed by atoms with van der Waals surface area (Å²) < 4.78 is 5.05. The molecule has 0 saturated carbocycles. The van der Waals surface area contributed by atoms with Crippen LogP contribution < -0.4 is 10.6 Å². The fourth-order valence-electron chi connectivity index (χ4n) is 2.72. The molecule has 2 atom stereocenters. The Morgan fingerprint density at radius 3 is 2.91 bits per heavy atom. The summed E-state index contributed by atoms with van der Waals surface area (Å²) in [7, 11) is 1.68. The van der Waals surface area contributed by atoms with Crippen molar-refractivity contribution in [2.24, 2.45) is 0 Å². The predicted octanol–water partition coefficient (Wildman–Crippen LogP) is 2.70. The van der Waals surface area contributed by atoms with Gasteiger partial charge in [0.1, 0.15) is 0 Å². The molecule has 22 heavy (non-hydrogen) atoms. The summed E-state index contributed by atoms with van der Waals surface area (Å²) in [4.78, 5) is 14.2. The molecule has 2 rings (SSSR count). The number of para-hydroxylation sites is 1. The second-order valence-electron chi connectivity index (χ2n) is 5.93. The molecule has 1 aromatic rings. The van der Waals surface area contributed by atoms with Crippen LogP contribution in [0.4, 0.5) is 10.5 Å². The number of likely N-dealkylation sites (tertiary alicyclic amines) is 1. The van der Waals surface area contributed by atoms with E-state index in [4.69, 9.17) is 4.74 Å². The molecule has 1 aromatic carbocycles. The highest BCUT2D eigenvalue weighted by Crippen LogP contribution is 2.16. The van der Waals surface area contributed by atoms with Crippen LogP contribution in [0.25, 0.3) is 0 Å². The maximum Gasteiger partial charge on any atom is 0.317 e. The topological polar surface area (TPSA) is 53.6 Å². The summed E-state index contributed by atoms with van der Waals surface area (Å²) in [5, 5.41) is 6.56. The molecule has 0 bridgehead atoms. The second kappa shape index (κ2) is 8.63. The van der Waals surface area contributed by atoms with Crippen LogP contribution in [0.1, 0.15) is 26.2 Å². The predicted molar refractivity (Wildman–Crippen MR) is 89.1 cm³/mol. The van der Waals surface area contributed by atoms with Gasteiger partial charge in [-0.3, -0.25) is 0 Å². The van der Waals surface area contributed by atoms with Crippen molar-refractivity contribution in [2.75, 3.05) is 32.1 Å². The number of methoxy groups -OCH3 is 1. The minimum atomic E-state index is 0.0307. The van der Waals surface area contributed by atoms with Gasteiger partial charge in [-0.15, -0.1) is 0 Å². The molecule has 122 valence electrons. The van der Waals surface area contributed by atoms with Gasteiger partial charge in [0.2, 0.25) is 0 Å². The number of hydrogen-bond acceptors (Lipinski definition) is 3. The largest absolute Gasteiger partial charge is 0.385 e. The number of amides is 2. The summed E-state index contributed by atoms with van der Waals surface area (Å²) in [6.45, 7) is 4.26. The van der Waals surface area contributed by atoms with Crippen LogP contribution in [0.2, 0.25) is 0 Å². The van der Waals surface area contributed by atoms with E-state index in [0.717, 1.165) is 38.0 Å². The molecule has 1 fully saturated rings. The fourth-order valence-corrected chi connectivity index (χ4v) is 2.72. The van der Waals surface area contributed by atoms with Crippen molar-refractivity contribution in [3.63, 3.8) is 0 Å². The lowest BCUT2D eigenvalue weighted by atomic mass is 10.1. The highest BCUT2D eigenvalue weighted by Gasteiger charge is 2.24. The summed E-state index contributed by atoms with van der Waals surface area (Å²) >= 11 is 0. The van der Waals surface area contributed by atoms with E-state index in [1.54, 1.807) is 7.11 Å². The zero-order chi connectivity index (χ0) is 15.8. The number of piperidine rings is 1. The molecule has 1 aliphatic rings. The Labute approximate surface area is 133 Å².